The minimum absolute atomic E-state index is 0.401. The number of aliphatic carboxylic acids is 1. The largest absolute Gasteiger partial charge is 0.481 e. The van der Waals surface area contributed by atoms with Crippen molar-refractivity contribution in [3.8, 4) is 0 Å². The van der Waals surface area contributed by atoms with E-state index >= 15 is 0 Å². The van der Waals surface area contributed by atoms with Crippen LogP contribution in [0.3, 0.4) is 0 Å². The average Bonchev–Trinajstić information content (AvgIpc) is 3.15. The minimum Gasteiger partial charge on any atom is -0.481 e. The molecule has 6 nitrogen and oxygen atoms in total. The lowest BCUT2D eigenvalue weighted by Gasteiger charge is -2.23. The smallest absolute Gasteiger partial charge is 0.311 e. The van der Waals surface area contributed by atoms with Crippen molar-refractivity contribution in [2.75, 3.05) is 19.4 Å². The van der Waals surface area contributed by atoms with Gasteiger partial charge in [-0.2, -0.15) is 0 Å². The van der Waals surface area contributed by atoms with Gasteiger partial charge >= 0.3 is 5.97 Å². The van der Waals surface area contributed by atoms with Gasteiger partial charge in [0, 0.05) is 10.9 Å². The second kappa shape index (κ2) is 8.10. The molecule has 25 heavy (non-hydrogen) atoms. The molecule has 2 aliphatic rings. The van der Waals surface area contributed by atoms with Crippen LogP contribution in [0.4, 0.5) is 5.82 Å². The van der Waals surface area contributed by atoms with E-state index in [9.17, 15) is 9.90 Å². The van der Waals surface area contributed by atoms with Gasteiger partial charge in [-0.25, -0.2) is 9.97 Å². The van der Waals surface area contributed by atoms with Crippen LogP contribution in [0, 0.1) is 0 Å². The van der Waals surface area contributed by atoms with Crippen molar-refractivity contribution in [1.82, 2.24) is 15.3 Å². The Labute approximate surface area is 152 Å². The maximum atomic E-state index is 11.6. The van der Waals surface area contributed by atoms with Gasteiger partial charge in [0.1, 0.15) is 17.0 Å². The molecule has 136 valence electrons. The quantitative estimate of drug-likeness (QED) is 0.776. The maximum absolute atomic E-state index is 11.6. The highest BCUT2D eigenvalue weighted by Crippen LogP contribution is 2.45. The number of hydrogen-bond acceptors (Lipinski definition) is 6. The first-order valence-corrected chi connectivity index (χ1v) is 9.81. The lowest BCUT2D eigenvalue weighted by atomic mass is 9.95. The third-order valence-corrected chi connectivity index (χ3v) is 6.03. The van der Waals surface area contributed by atoms with E-state index < -0.39 is 11.9 Å². The highest BCUT2D eigenvalue weighted by Gasteiger charge is 2.34. The van der Waals surface area contributed by atoms with E-state index in [0.29, 0.717) is 12.5 Å². The fraction of sp³-hybridized carbons (Fsp3) is 0.611. The predicted octanol–water partition coefficient (Wildman–Crippen LogP) is 3.39. The first-order valence-electron chi connectivity index (χ1n) is 8.99. The molecule has 7 heteroatoms. The molecule has 1 saturated carbocycles. The standard InChI is InChI=1S/C16H19N3O2S.C2H7N/c20-16(21)10-6-7-11-12(10)13-14(17-8-18-15(13)22-11)19-9-4-2-1-3-5-9;1-3-2/h8-10H,1-7H2,(H,20,21)(H,17,18,19);3H,1-2H3. The van der Waals surface area contributed by atoms with Crippen LogP contribution < -0.4 is 10.6 Å². The lowest BCUT2D eigenvalue weighted by molar-refractivity contribution is -0.138. The van der Waals surface area contributed by atoms with Crippen molar-refractivity contribution < 1.29 is 9.90 Å². The molecule has 0 saturated heterocycles. The van der Waals surface area contributed by atoms with Crippen LogP contribution in [0.5, 0.6) is 0 Å². The summed E-state index contributed by atoms with van der Waals surface area (Å²) in [5.41, 5.74) is 0.964. The van der Waals surface area contributed by atoms with Gasteiger partial charge in [0.15, 0.2) is 0 Å². The number of nitrogens with one attached hydrogen (secondary N) is 2. The molecule has 1 atom stereocenters. The fourth-order valence-electron chi connectivity index (χ4n) is 3.77. The Morgan fingerprint density at radius 1 is 1.20 bits per heavy atom. The summed E-state index contributed by atoms with van der Waals surface area (Å²) >= 11 is 1.63. The van der Waals surface area contributed by atoms with Crippen LogP contribution in [-0.4, -0.2) is 41.2 Å². The van der Waals surface area contributed by atoms with Crippen molar-refractivity contribution >= 4 is 33.3 Å². The highest BCUT2D eigenvalue weighted by atomic mass is 32.1. The average molecular weight is 362 g/mol. The maximum Gasteiger partial charge on any atom is 0.311 e. The summed E-state index contributed by atoms with van der Waals surface area (Å²) in [5, 5.41) is 16.8. The Morgan fingerprint density at radius 2 is 1.92 bits per heavy atom. The van der Waals surface area contributed by atoms with E-state index in [1.165, 1.54) is 37.0 Å². The van der Waals surface area contributed by atoms with E-state index in [2.05, 4.69) is 20.6 Å². The summed E-state index contributed by atoms with van der Waals surface area (Å²) in [6.45, 7) is 0. The predicted molar refractivity (Wildman–Crippen MR) is 102 cm³/mol. The van der Waals surface area contributed by atoms with Gasteiger partial charge in [-0.1, -0.05) is 19.3 Å². The van der Waals surface area contributed by atoms with Crippen LogP contribution in [0.1, 0.15) is 54.9 Å². The zero-order valence-corrected chi connectivity index (χ0v) is 15.7. The molecule has 0 radical (unpaired) electrons. The Morgan fingerprint density at radius 3 is 2.60 bits per heavy atom. The summed E-state index contributed by atoms with van der Waals surface area (Å²) in [7, 11) is 3.75. The lowest BCUT2D eigenvalue weighted by Crippen LogP contribution is -2.23. The molecule has 0 bridgehead atoms. The normalized spacial score (nSPS) is 20.0. The number of rotatable bonds is 3. The Balaban J connectivity index is 0.000000569. The van der Waals surface area contributed by atoms with Gasteiger partial charge in [-0.15, -0.1) is 11.3 Å². The monoisotopic (exact) mass is 362 g/mol. The second-order valence-corrected chi connectivity index (χ2v) is 7.83. The molecule has 2 heterocycles. The van der Waals surface area contributed by atoms with Crippen molar-refractivity contribution in [3.63, 3.8) is 0 Å². The van der Waals surface area contributed by atoms with Crippen LogP contribution in [0.15, 0.2) is 6.33 Å². The second-order valence-electron chi connectivity index (χ2n) is 6.75. The molecule has 2 aromatic rings. The number of thiophene rings is 1. The summed E-state index contributed by atoms with van der Waals surface area (Å²) in [5.74, 6) is -0.296. The number of nitrogens with zero attached hydrogens (tertiary/aromatic N) is 2. The third kappa shape index (κ3) is 3.77. The number of carboxylic acids is 1. The van der Waals surface area contributed by atoms with Crippen molar-refractivity contribution in [3.05, 3.63) is 16.8 Å². The van der Waals surface area contributed by atoms with Gasteiger partial charge in [-0.05, 0) is 45.3 Å². The Hall–Kier alpha value is -1.73. The zero-order valence-electron chi connectivity index (χ0n) is 14.8. The first kappa shape index (κ1) is 18.1. The van der Waals surface area contributed by atoms with E-state index in [1.807, 2.05) is 14.1 Å². The van der Waals surface area contributed by atoms with Crippen LogP contribution in [0.2, 0.25) is 0 Å². The van der Waals surface area contributed by atoms with Crippen molar-refractivity contribution in [2.45, 2.75) is 56.9 Å². The van der Waals surface area contributed by atoms with Crippen LogP contribution in [0.25, 0.3) is 10.2 Å². The molecule has 1 unspecified atom stereocenters. The number of fused-ring (bicyclic) bond motifs is 3. The topological polar surface area (TPSA) is 87.1 Å². The van der Waals surface area contributed by atoms with E-state index in [-0.39, 0.29) is 0 Å². The van der Waals surface area contributed by atoms with E-state index in [4.69, 9.17) is 0 Å². The number of aryl methyl sites for hydroxylation is 1. The molecular weight excluding hydrogens is 336 g/mol. The molecular formula is C18H26N4O2S. The third-order valence-electron chi connectivity index (χ3n) is 4.85. The molecule has 0 aliphatic heterocycles. The molecule has 2 aromatic heterocycles. The Kier molecular flexibility index (Phi) is 5.86. The molecule has 2 aliphatic carbocycles. The first-order chi connectivity index (χ1) is 12.2. The van der Waals surface area contributed by atoms with Crippen molar-refractivity contribution in [1.29, 1.82) is 0 Å². The summed E-state index contributed by atoms with van der Waals surface area (Å²) in [4.78, 5) is 22.4. The Bertz CT molecular complexity index is 740. The SMILES string of the molecule is CNC.O=C(O)C1CCc2sc3ncnc(NC4CCCCC4)c3c21. The number of carboxylic acid groups (broad SMARTS) is 1. The molecule has 1 fully saturated rings. The molecule has 0 amide bonds. The molecule has 0 spiro atoms. The van der Waals surface area contributed by atoms with Crippen LogP contribution in [-0.2, 0) is 11.2 Å². The number of anilines is 1. The highest BCUT2D eigenvalue weighted by molar-refractivity contribution is 7.19. The van der Waals surface area contributed by atoms with Gasteiger partial charge in [0.2, 0.25) is 0 Å². The van der Waals surface area contributed by atoms with E-state index in [1.54, 1.807) is 17.7 Å². The molecule has 3 N–H and O–H groups in total. The summed E-state index contributed by atoms with van der Waals surface area (Å²) < 4.78 is 0. The fourth-order valence-corrected chi connectivity index (χ4v) is 4.99. The summed E-state index contributed by atoms with van der Waals surface area (Å²) in [6.07, 6.45) is 9.29. The number of carbonyl (C=O) groups is 1. The molecule has 0 aromatic carbocycles. The number of aromatic nitrogens is 2. The van der Waals surface area contributed by atoms with E-state index in [0.717, 1.165) is 28.0 Å². The zero-order chi connectivity index (χ0) is 17.8. The molecule has 4 rings (SSSR count). The van der Waals surface area contributed by atoms with Crippen molar-refractivity contribution in [2.24, 2.45) is 0 Å². The minimum atomic E-state index is -0.731. The van der Waals surface area contributed by atoms with Gasteiger partial charge in [-0.3, -0.25) is 4.79 Å². The van der Waals surface area contributed by atoms with Gasteiger partial charge in [0.25, 0.3) is 0 Å². The van der Waals surface area contributed by atoms with Gasteiger partial charge < -0.3 is 15.7 Å². The summed E-state index contributed by atoms with van der Waals surface area (Å²) in [6, 6.07) is 0.451. The number of hydrogen-bond donors (Lipinski definition) is 3. The van der Waals surface area contributed by atoms with Crippen LogP contribution >= 0.6 is 11.3 Å². The van der Waals surface area contributed by atoms with Gasteiger partial charge in [0.05, 0.1) is 11.3 Å².